The fraction of sp³-hybridized carbons (Fsp3) is 0.250. The van der Waals surface area contributed by atoms with E-state index in [2.05, 4.69) is 26.3 Å². The second-order valence-corrected chi connectivity index (χ2v) is 5.13. The van der Waals surface area contributed by atoms with E-state index in [1.165, 1.54) is 0 Å². The van der Waals surface area contributed by atoms with E-state index in [0.29, 0.717) is 13.1 Å². The van der Waals surface area contributed by atoms with Crippen LogP contribution in [0.4, 0.5) is 5.69 Å². The molecule has 1 heterocycles. The van der Waals surface area contributed by atoms with Crippen LogP contribution in [0.15, 0.2) is 35.1 Å². The highest BCUT2D eigenvalue weighted by molar-refractivity contribution is 9.10. The van der Waals surface area contributed by atoms with Gasteiger partial charge in [0.1, 0.15) is 0 Å². The summed E-state index contributed by atoms with van der Waals surface area (Å²) < 4.78 is 2.65. The number of aromatic nitrogens is 2. The Balaban J connectivity index is 1.97. The Bertz CT molecular complexity index is 530. The van der Waals surface area contributed by atoms with E-state index in [1.54, 1.807) is 10.9 Å². The number of benzene rings is 1. The fourth-order valence-electron chi connectivity index (χ4n) is 1.54. The smallest absolute Gasteiger partial charge is 0.0729 e. The predicted molar refractivity (Wildman–Crippen MR) is 75.8 cm³/mol. The van der Waals surface area contributed by atoms with Gasteiger partial charge in [0, 0.05) is 22.2 Å². The molecule has 0 radical (unpaired) electrons. The van der Waals surface area contributed by atoms with Gasteiger partial charge in [-0.1, -0.05) is 33.6 Å². The summed E-state index contributed by atoms with van der Waals surface area (Å²) >= 11 is 9.50. The molecule has 0 bridgehead atoms. The Hall–Kier alpha value is -1.04. The highest BCUT2D eigenvalue weighted by atomic mass is 79.9. The topological polar surface area (TPSA) is 50.1 Å². The summed E-state index contributed by atoms with van der Waals surface area (Å²) in [5, 5.41) is 16.9. The maximum absolute atomic E-state index is 8.80. The van der Waals surface area contributed by atoms with Crippen LogP contribution in [0.5, 0.6) is 0 Å². The molecule has 96 valence electrons. The Morgan fingerprint density at radius 1 is 1.44 bits per heavy atom. The fourth-order valence-corrected chi connectivity index (χ4v) is 2.28. The molecular formula is C12H13BrClN3O. The molecule has 0 fully saturated rings. The molecule has 0 saturated heterocycles. The summed E-state index contributed by atoms with van der Waals surface area (Å²) in [6, 6.07) is 5.80. The van der Waals surface area contributed by atoms with Crippen LogP contribution in [0.1, 0.15) is 5.56 Å². The van der Waals surface area contributed by atoms with Crippen LogP contribution in [0.2, 0.25) is 5.02 Å². The third-order valence-electron chi connectivity index (χ3n) is 2.46. The van der Waals surface area contributed by atoms with Gasteiger partial charge in [0.05, 0.1) is 25.0 Å². The molecule has 0 aliphatic rings. The number of rotatable bonds is 5. The molecule has 1 aromatic carbocycles. The lowest BCUT2D eigenvalue weighted by molar-refractivity contribution is 0.269. The highest BCUT2D eigenvalue weighted by Gasteiger charge is 2.02. The van der Waals surface area contributed by atoms with Gasteiger partial charge in [-0.05, 0) is 17.7 Å². The molecule has 18 heavy (non-hydrogen) atoms. The van der Waals surface area contributed by atoms with Gasteiger partial charge >= 0.3 is 0 Å². The monoisotopic (exact) mass is 329 g/mol. The number of nitrogens with zero attached hydrogens (tertiary/aromatic N) is 2. The zero-order chi connectivity index (χ0) is 13.0. The molecule has 6 heteroatoms. The summed E-state index contributed by atoms with van der Waals surface area (Å²) in [5.74, 6) is 0. The molecule has 0 aliphatic carbocycles. The van der Waals surface area contributed by atoms with Crippen molar-refractivity contribution in [2.75, 3.05) is 11.9 Å². The average Bonchev–Trinajstić information content (AvgIpc) is 2.76. The van der Waals surface area contributed by atoms with Gasteiger partial charge in [0.15, 0.2) is 0 Å². The minimum absolute atomic E-state index is 0.0830. The van der Waals surface area contributed by atoms with Gasteiger partial charge in [0.2, 0.25) is 0 Å². The molecule has 0 spiro atoms. The van der Waals surface area contributed by atoms with Crippen molar-refractivity contribution in [3.05, 3.63) is 45.7 Å². The lowest BCUT2D eigenvalue weighted by Crippen LogP contribution is -2.02. The third-order valence-corrected chi connectivity index (χ3v) is 3.31. The lowest BCUT2D eigenvalue weighted by Gasteiger charge is -2.06. The number of aliphatic hydroxyl groups is 1. The predicted octanol–water partition coefficient (Wildman–Crippen LogP) is 2.90. The van der Waals surface area contributed by atoms with E-state index < -0.39 is 0 Å². The maximum Gasteiger partial charge on any atom is 0.0729 e. The zero-order valence-electron chi connectivity index (χ0n) is 9.61. The molecule has 0 atom stereocenters. The third kappa shape index (κ3) is 3.48. The Morgan fingerprint density at radius 3 is 3.00 bits per heavy atom. The van der Waals surface area contributed by atoms with Gasteiger partial charge in [-0.25, -0.2) is 0 Å². The number of nitrogens with one attached hydrogen (secondary N) is 1. The number of hydrogen-bond donors (Lipinski definition) is 2. The highest BCUT2D eigenvalue weighted by Crippen LogP contribution is 2.22. The summed E-state index contributed by atoms with van der Waals surface area (Å²) in [4.78, 5) is 0. The van der Waals surface area contributed by atoms with Crippen molar-refractivity contribution < 1.29 is 5.11 Å². The van der Waals surface area contributed by atoms with Gasteiger partial charge < -0.3 is 10.4 Å². The largest absolute Gasteiger partial charge is 0.394 e. The van der Waals surface area contributed by atoms with Crippen LogP contribution in [0, 0.1) is 0 Å². The normalized spacial score (nSPS) is 10.6. The van der Waals surface area contributed by atoms with Gasteiger partial charge in [-0.2, -0.15) is 5.10 Å². The van der Waals surface area contributed by atoms with Crippen molar-refractivity contribution in [1.82, 2.24) is 9.78 Å². The van der Waals surface area contributed by atoms with E-state index in [0.717, 1.165) is 20.7 Å². The molecule has 4 nitrogen and oxygen atoms in total. The van der Waals surface area contributed by atoms with Crippen LogP contribution in [-0.2, 0) is 13.1 Å². The molecule has 0 unspecified atom stereocenters. The van der Waals surface area contributed by atoms with Crippen LogP contribution in [0.25, 0.3) is 0 Å². The van der Waals surface area contributed by atoms with Crippen molar-refractivity contribution in [2.24, 2.45) is 0 Å². The van der Waals surface area contributed by atoms with E-state index >= 15 is 0 Å². The standard InChI is InChI=1S/C12H13BrClN3O/c13-10-2-1-9(12(14)5-10)6-15-11-7-16-17(8-11)3-4-18/h1-2,5,7-8,15,18H,3-4,6H2. The van der Waals surface area contributed by atoms with Gasteiger partial charge in [0.25, 0.3) is 0 Å². The van der Waals surface area contributed by atoms with Crippen molar-refractivity contribution >= 4 is 33.2 Å². The van der Waals surface area contributed by atoms with Crippen LogP contribution in [0.3, 0.4) is 0 Å². The molecule has 1 aromatic heterocycles. The van der Waals surface area contributed by atoms with E-state index in [-0.39, 0.29) is 6.61 Å². The van der Waals surface area contributed by atoms with Crippen LogP contribution < -0.4 is 5.32 Å². The first kappa shape index (κ1) is 13.4. The van der Waals surface area contributed by atoms with Crippen molar-refractivity contribution in [3.8, 4) is 0 Å². The number of hydrogen-bond acceptors (Lipinski definition) is 3. The Labute approximate surface area is 119 Å². The molecule has 2 N–H and O–H groups in total. The summed E-state index contributed by atoms with van der Waals surface area (Å²) in [7, 11) is 0. The number of aliphatic hydroxyl groups excluding tert-OH is 1. The van der Waals surface area contributed by atoms with Crippen molar-refractivity contribution in [1.29, 1.82) is 0 Å². The minimum Gasteiger partial charge on any atom is -0.394 e. The first-order valence-electron chi connectivity index (χ1n) is 5.50. The Kier molecular flexibility index (Phi) is 4.63. The van der Waals surface area contributed by atoms with Gasteiger partial charge in [-0.15, -0.1) is 0 Å². The molecule has 2 rings (SSSR count). The molecule has 0 aliphatic heterocycles. The summed E-state index contributed by atoms with van der Waals surface area (Å²) in [6.45, 7) is 1.22. The van der Waals surface area contributed by atoms with Crippen molar-refractivity contribution in [3.63, 3.8) is 0 Å². The molecular weight excluding hydrogens is 318 g/mol. The van der Waals surface area contributed by atoms with Gasteiger partial charge in [-0.3, -0.25) is 4.68 Å². The minimum atomic E-state index is 0.0830. The first-order valence-corrected chi connectivity index (χ1v) is 6.67. The molecule has 0 amide bonds. The van der Waals surface area contributed by atoms with Crippen molar-refractivity contribution in [2.45, 2.75) is 13.1 Å². The molecule has 2 aromatic rings. The average molecular weight is 331 g/mol. The van der Waals surface area contributed by atoms with E-state index in [9.17, 15) is 0 Å². The number of anilines is 1. The first-order chi connectivity index (χ1) is 8.69. The van der Waals surface area contributed by atoms with E-state index in [4.69, 9.17) is 16.7 Å². The summed E-state index contributed by atoms with van der Waals surface area (Å²) in [5.41, 5.74) is 1.93. The SMILES string of the molecule is OCCn1cc(NCc2ccc(Br)cc2Cl)cn1. The lowest BCUT2D eigenvalue weighted by atomic mass is 10.2. The Morgan fingerprint density at radius 2 is 2.28 bits per heavy atom. The maximum atomic E-state index is 8.80. The van der Waals surface area contributed by atoms with Crippen LogP contribution in [-0.4, -0.2) is 21.5 Å². The zero-order valence-corrected chi connectivity index (χ0v) is 11.9. The van der Waals surface area contributed by atoms with Crippen LogP contribution >= 0.6 is 27.5 Å². The quantitative estimate of drug-likeness (QED) is 0.886. The molecule has 0 saturated carbocycles. The summed E-state index contributed by atoms with van der Waals surface area (Å²) in [6.07, 6.45) is 3.57. The number of halogens is 2. The second-order valence-electron chi connectivity index (χ2n) is 3.80. The second kappa shape index (κ2) is 6.22. The van der Waals surface area contributed by atoms with E-state index in [1.807, 2.05) is 24.4 Å².